The molecule has 0 saturated carbocycles. The van der Waals surface area contributed by atoms with E-state index < -0.39 is 0 Å². The number of nitrogens with one attached hydrogen (secondary N) is 3. The van der Waals surface area contributed by atoms with Gasteiger partial charge in [0.1, 0.15) is 5.69 Å². The number of carbonyl (C=O) groups is 1. The van der Waals surface area contributed by atoms with Crippen molar-refractivity contribution in [1.82, 2.24) is 15.5 Å². The van der Waals surface area contributed by atoms with E-state index in [0.29, 0.717) is 29.2 Å². The van der Waals surface area contributed by atoms with Gasteiger partial charge in [-0.15, -0.1) is 10.2 Å². The van der Waals surface area contributed by atoms with Crippen LogP contribution in [-0.4, -0.2) is 28.8 Å². The number of nitrogens with zero attached hydrogens (tertiary/aromatic N) is 4. The summed E-state index contributed by atoms with van der Waals surface area (Å²) in [5, 5.41) is 37.4. The van der Waals surface area contributed by atoms with Gasteiger partial charge in [0.25, 0.3) is 0 Å². The van der Waals surface area contributed by atoms with Crippen molar-refractivity contribution in [2.24, 2.45) is 0 Å². The van der Waals surface area contributed by atoms with Crippen LogP contribution in [0.4, 0.5) is 16.3 Å². The molecule has 0 aliphatic rings. The van der Waals surface area contributed by atoms with Gasteiger partial charge in [-0.3, -0.25) is 0 Å². The van der Waals surface area contributed by atoms with E-state index in [1.54, 1.807) is 36.4 Å². The number of hydrogen-bond donors (Lipinski definition) is 3. The van der Waals surface area contributed by atoms with Crippen LogP contribution in [-0.2, 0) is 0 Å². The van der Waals surface area contributed by atoms with Crippen molar-refractivity contribution in [3.8, 4) is 23.4 Å². The molecule has 0 unspecified atom stereocenters. The summed E-state index contributed by atoms with van der Waals surface area (Å²) < 4.78 is 0. The lowest BCUT2D eigenvalue weighted by atomic mass is 10.0. The Morgan fingerprint density at radius 2 is 1.50 bits per heavy atom. The summed E-state index contributed by atoms with van der Waals surface area (Å²) in [6.07, 6.45) is 0. The second-order valence-corrected chi connectivity index (χ2v) is 7.70. The molecule has 34 heavy (non-hydrogen) atoms. The number of aromatic nitrogens is 2. The Bertz CT molecular complexity index is 1400. The number of amides is 2. The summed E-state index contributed by atoms with van der Waals surface area (Å²) in [6, 6.07) is 25.4. The molecule has 0 saturated heterocycles. The van der Waals surface area contributed by atoms with Crippen LogP contribution in [0.1, 0.15) is 18.1 Å². The molecule has 4 aromatic rings. The molecule has 8 heteroatoms. The highest BCUT2D eigenvalue weighted by atomic mass is 16.2. The van der Waals surface area contributed by atoms with Crippen LogP contribution in [0.25, 0.3) is 22.0 Å². The van der Waals surface area contributed by atoms with Crippen molar-refractivity contribution < 1.29 is 4.79 Å². The second-order valence-electron chi connectivity index (χ2n) is 7.70. The fraction of sp³-hybridized carbons (Fsp3) is 0.115. The molecule has 166 valence electrons. The molecule has 0 spiro atoms. The quantitative estimate of drug-likeness (QED) is 0.394. The zero-order valence-corrected chi connectivity index (χ0v) is 18.4. The van der Waals surface area contributed by atoms with E-state index in [1.165, 1.54) is 0 Å². The first-order valence-corrected chi connectivity index (χ1v) is 10.6. The molecule has 2 amide bonds. The average Bonchev–Trinajstić information content (AvgIpc) is 2.88. The third-order valence-electron chi connectivity index (χ3n) is 5.20. The van der Waals surface area contributed by atoms with Crippen LogP contribution in [0.2, 0.25) is 0 Å². The Morgan fingerprint density at radius 1 is 0.882 bits per heavy atom. The average molecular weight is 448 g/mol. The number of carbonyl (C=O) groups excluding carboxylic acids is 1. The van der Waals surface area contributed by atoms with Gasteiger partial charge in [0, 0.05) is 34.6 Å². The lowest BCUT2D eigenvalue weighted by Gasteiger charge is -2.17. The largest absolute Gasteiger partial charge is 0.364 e. The summed E-state index contributed by atoms with van der Waals surface area (Å²) in [5.41, 5.74) is 3.33. The first-order chi connectivity index (χ1) is 16.6. The molecule has 3 N–H and O–H groups in total. The Kier molecular flexibility index (Phi) is 6.62. The van der Waals surface area contributed by atoms with Crippen LogP contribution in [0.3, 0.4) is 0 Å². The molecule has 0 fully saturated rings. The highest BCUT2D eigenvalue weighted by Crippen LogP contribution is 2.30. The van der Waals surface area contributed by atoms with Crippen LogP contribution >= 0.6 is 0 Å². The minimum Gasteiger partial charge on any atom is -0.364 e. The van der Waals surface area contributed by atoms with Gasteiger partial charge >= 0.3 is 6.03 Å². The Labute approximate surface area is 196 Å². The first kappa shape index (κ1) is 22.3. The topological polar surface area (TPSA) is 127 Å². The zero-order chi connectivity index (χ0) is 23.9. The number of rotatable bonds is 6. The van der Waals surface area contributed by atoms with E-state index in [9.17, 15) is 4.79 Å². The van der Waals surface area contributed by atoms with Crippen LogP contribution in [0, 0.1) is 22.7 Å². The normalized spacial score (nSPS) is 11.1. The van der Waals surface area contributed by atoms with Gasteiger partial charge in [-0.25, -0.2) is 4.79 Å². The Morgan fingerprint density at radius 3 is 2.15 bits per heavy atom. The highest BCUT2D eigenvalue weighted by molar-refractivity contribution is 6.00. The molecule has 0 radical (unpaired) electrons. The van der Waals surface area contributed by atoms with Crippen molar-refractivity contribution in [3.63, 3.8) is 0 Å². The molecule has 0 bridgehead atoms. The Hall–Kier alpha value is -4.95. The maximum Gasteiger partial charge on any atom is 0.319 e. The number of fused-ring (bicyclic) bond motifs is 1. The van der Waals surface area contributed by atoms with Gasteiger partial charge in [-0.1, -0.05) is 36.4 Å². The van der Waals surface area contributed by atoms with Gasteiger partial charge in [0.05, 0.1) is 23.3 Å². The molecule has 0 aliphatic heterocycles. The second kappa shape index (κ2) is 10.1. The lowest BCUT2D eigenvalue weighted by molar-refractivity contribution is 0.252. The van der Waals surface area contributed by atoms with Crippen molar-refractivity contribution in [2.75, 3.05) is 17.2 Å². The molecule has 1 heterocycles. The Balaban J connectivity index is 1.44. The third kappa shape index (κ3) is 5.09. The number of anilines is 2. The van der Waals surface area contributed by atoms with Crippen molar-refractivity contribution in [3.05, 3.63) is 83.9 Å². The van der Waals surface area contributed by atoms with Crippen LogP contribution < -0.4 is 16.0 Å². The number of benzene rings is 3. The zero-order valence-electron chi connectivity index (χ0n) is 18.4. The van der Waals surface area contributed by atoms with Gasteiger partial charge < -0.3 is 16.0 Å². The van der Waals surface area contributed by atoms with Crippen molar-refractivity contribution in [2.45, 2.75) is 13.0 Å². The lowest BCUT2D eigenvalue weighted by Crippen LogP contribution is -2.37. The molecule has 3 aromatic carbocycles. The van der Waals surface area contributed by atoms with E-state index in [2.05, 4.69) is 32.2 Å². The minimum atomic E-state index is -0.342. The van der Waals surface area contributed by atoms with Crippen molar-refractivity contribution in [1.29, 1.82) is 10.5 Å². The number of hydrogen-bond acceptors (Lipinski definition) is 6. The predicted molar refractivity (Wildman–Crippen MR) is 131 cm³/mol. The van der Waals surface area contributed by atoms with E-state index in [0.717, 1.165) is 22.0 Å². The maximum absolute atomic E-state index is 12.2. The summed E-state index contributed by atoms with van der Waals surface area (Å²) in [4.78, 5) is 12.2. The monoisotopic (exact) mass is 447 g/mol. The highest BCUT2D eigenvalue weighted by Gasteiger charge is 2.13. The van der Waals surface area contributed by atoms with Gasteiger partial charge in [-0.2, -0.15) is 10.5 Å². The van der Waals surface area contributed by atoms with E-state index >= 15 is 0 Å². The smallest absolute Gasteiger partial charge is 0.319 e. The summed E-state index contributed by atoms with van der Waals surface area (Å²) in [7, 11) is 0. The SMILES string of the molecule is C[C@@H](CNC(=O)Nc1ccc(C#N)cc1)Nc1nnc(-c2ccc(C#N)cc2)c2ccccc12. The molecule has 0 aliphatic carbocycles. The van der Waals surface area contributed by atoms with E-state index in [-0.39, 0.29) is 12.1 Å². The minimum absolute atomic E-state index is 0.120. The first-order valence-electron chi connectivity index (χ1n) is 10.6. The molecule has 4 rings (SSSR count). The van der Waals surface area contributed by atoms with E-state index in [4.69, 9.17) is 10.5 Å². The van der Waals surface area contributed by atoms with Crippen LogP contribution in [0.5, 0.6) is 0 Å². The van der Waals surface area contributed by atoms with E-state index in [1.807, 2.05) is 49.4 Å². The number of urea groups is 1. The third-order valence-corrected chi connectivity index (χ3v) is 5.20. The molecule has 8 nitrogen and oxygen atoms in total. The van der Waals surface area contributed by atoms with Crippen LogP contribution in [0.15, 0.2) is 72.8 Å². The van der Waals surface area contributed by atoms with Gasteiger partial charge in [-0.05, 0) is 43.3 Å². The van der Waals surface area contributed by atoms with Gasteiger partial charge in [0.15, 0.2) is 5.82 Å². The summed E-state index contributed by atoms with van der Waals surface area (Å²) in [6.45, 7) is 2.29. The molecule has 1 aromatic heterocycles. The summed E-state index contributed by atoms with van der Waals surface area (Å²) >= 11 is 0. The summed E-state index contributed by atoms with van der Waals surface area (Å²) in [5.74, 6) is 0.620. The van der Waals surface area contributed by atoms with Gasteiger partial charge in [0.2, 0.25) is 0 Å². The molecule has 1 atom stereocenters. The van der Waals surface area contributed by atoms with Crippen molar-refractivity contribution >= 4 is 28.3 Å². The fourth-order valence-corrected chi connectivity index (χ4v) is 3.46. The predicted octanol–water partition coefficient (Wildman–Crippen LogP) is 4.66. The molecular formula is C26H21N7O. The maximum atomic E-state index is 12.2. The number of nitriles is 2. The molecular weight excluding hydrogens is 426 g/mol. The fourth-order valence-electron chi connectivity index (χ4n) is 3.46. The standard InChI is InChI=1S/C26H21N7O/c1-17(16-29-26(34)31-21-12-8-19(15-28)9-13-21)30-25-23-5-3-2-4-22(23)24(32-33-25)20-10-6-18(14-27)7-11-20/h2-13,17H,16H2,1H3,(H,30,33)(H2,29,31,34)/t17-/m0/s1.